The molecule has 1 aliphatic carbocycles. The van der Waals surface area contributed by atoms with Crippen LogP contribution >= 0.6 is 0 Å². The molecule has 0 aromatic heterocycles. The number of rotatable bonds is 5. The van der Waals surface area contributed by atoms with Crippen molar-refractivity contribution in [2.45, 2.75) is 11.8 Å². The first-order valence-corrected chi connectivity index (χ1v) is 10.5. The van der Waals surface area contributed by atoms with Crippen molar-refractivity contribution in [2.24, 2.45) is 0 Å². The third-order valence-electron chi connectivity index (χ3n) is 4.96. The number of benzene rings is 2. The maximum atomic E-state index is 12.9. The van der Waals surface area contributed by atoms with E-state index in [0.717, 1.165) is 24.4 Å². The molecule has 0 saturated carbocycles. The van der Waals surface area contributed by atoms with Crippen LogP contribution in [-0.2, 0) is 11.0 Å². The molecule has 2 aromatic carbocycles. The molecule has 1 atom stereocenters. The van der Waals surface area contributed by atoms with E-state index in [1.807, 2.05) is 42.2 Å². The predicted molar refractivity (Wildman–Crippen MR) is 112 cm³/mol. The Kier molecular flexibility index (Phi) is 5.30. The summed E-state index contributed by atoms with van der Waals surface area (Å²) in [7, 11) is -1.38. The lowest BCUT2D eigenvalue weighted by molar-refractivity contribution is 0.0746. The van der Waals surface area contributed by atoms with E-state index in [1.165, 1.54) is 5.69 Å². The summed E-state index contributed by atoms with van der Waals surface area (Å²) in [6.45, 7) is 4.96. The van der Waals surface area contributed by atoms with Crippen LogP contribution in [0.4, 0.5) is 5.69 Å². The highest BCUT2D eigenvalue weighted by atomic mass is 32.2. The fourth-order valence-corrected chi connectivity index (χ4v) is 4.32. The second-order valence-corrected chi connectivity index (χ2v) is 8.21. The molecule has 0 radical (unpaired) electrons. The third-order valence-corrected chi connectivity index (χ3v) is 6.06. The number of nitrogens with one attached hydrogen (secondary N) is 1. The van der Waals surface area contributed by atoms with Crippen LogP contribution in [0.1, 0.15) is 17.3 Å². The summed E-state index contributed by atoms with van der Waals surface area (Å²) in [6.07, 6.45) is 3.89. The van der Waals surface area contributed by atoms with Crippen molar-refractivity contribution >= 4 is 22.6 Å². The average molecular weight is 394 g/mol. The van der Waals surface area contributed by atoms with E-state index >= 15 is 0 Å². The van der Waals surface area contributed by atoms with Crippen LogP contribution in [0.3, 0.4) is 0 Å². The smallest absolute Gasteiger partial charge is 0.254 e. The van der Waals surface area contributed by atoms with E-state index in [0.29, 0.717) is 23.5 Å². The Morgan fingerprint density at radius 3 is 2.36 bits per heavy atom. The number of nitrogens with zero attached hydrogens (tertiary/aromatic N) is 2. The van der Waals surface area contributed by atoms with Crippen LogP contribution in [0.2, 0.25) is 0 Å². The molecule has 1 fully saturated rings. The summed E-state index contributed by atoms with van der Waals surface area (Å²) in [5.41, 5.74) is 3.77. The first kappa shape index (κ1) is 18.5. The van der Waals surface area contributed by atoms with Gasteiger partial charge >= 0.3 is 0 Å². The summed E-state index contributed by atoms with van der Waals surface area (Å²) in [6, 6.07) is 17.3. The van der Waals surface area contributed by atoms with Crippen molar-refractivity contribution in [1.82, 2.24) is 9.62 Å². The van der Waals surface area contributed by atoms with Gasteiger partial charge in [-0.15, -0.1) is 0 Å². The van der Waals surface area contributed by atoms with Crippen LogP contribution in [0, 0.1) is 0 Å². The molecule has 1 heterocycles. The number of hydrogen-bond donors (Lipinski definition) is 1. The highest BCUT2D eigenvalue weighted by Gasteiger charge is 2.23. The van der Waals surface area contributed by atoms with E-state index < -0.39 is 11.0 Å². The second kappa shape index (κ2) is 8.02. The van der Waals surface area contributed by atoms with Gasteiger partial charge in [0.25, 0.3) is 5.91 Å². The molecule has 6 heteroatoms. The fraction of sp³-hybridized carbons (Fsp3) is 0.227. The average Bonchev–Trinajstić information content (AvgIpc) is 2.73. The summed E-state index contributed by atoms with van der Waals surface area (Å²) in [4.78, 5) is 17.7. The zero-order valence-electron chi connectivity index (χ0n) is 15.8. The molecule has 1 saturated heterocycles. The van der Waals surface area contributed by atoms with Gasteiger partial charge in [-0.25, -0.2) is 4.21 Å². The quantitative estimate of drug-likeness (QED) is 0.849. The molecule has 0 bridgehead atoms. The Labute approximate surface area is 167 Å². The molecule has 1 N–H and O–H groups in total. The predicted octanol–water partition coefficient (Wildman–Crippen LogP) is 3.11. The summed E-state index contributed by atoms with van der Waals surface area (Å²) in [5.74, 6) is -0.00911. The zero-order chi connectivity index (χ0) is 19.5. The number of carbonyl (C=O) groups is 1. The maximum Gasteiger partial charge on any atom is 0.254 e. The first-order chi connectivity index (χ1) is 13.6. The third kappa shape index (κ3) is 4.02. The van der Waals surface area contributed by atoms with Crippen LogP contribution < -0.4 is 9.62 Å². The van der Waals surface area contributed by atoms with E-state index in [-0.39, 0.29) is 5.91 Å². The second-order valence-electron chi connectivity index (χ2n) is 7.00. The van der Waals surface area contributed by atoms with Gasteiger partial charge in [-0.3, -0.25) is 4.79 Å². The normalized spacial score (nSPS) is 17.3. The van der Waals surface area contributed by atoms with Crippen molar-refractivity contribution in [1.29, 1.82) is 0 Å². The van der Waals surface area contributed by atoms with Gasteiger partial charge in [0, 0.05) is 43.1 Å². The molecule has 4 rings (SSSR count). The first-order valence-electron chi connectivity index (χ1n) is 9.38. The topological polar surface area (TPSA) is 52.7 Å². The Balaban J connectivity index is 1.39. The lowest BCUT2D eigenvalue weighted by Crippen LogP contribution is -2.48. The molecule has 1 aliphatic heterocycles. The standard InChI is InChI=1S/C22H23N3O2S/c1-17-14-19(15-17)23-28(27)21-9-5-6-18(16-21)22(26)25-12-10-24(11-13-25)20-7-3-2-4-8-20/h2-9,14-16,23H,10-13H2,1H3. The lowest BCUT2D eigenvalue weighted by atomic mass is 10.1. The summed E-state index contributed by atoms with van der Waals surface area (Å²) < 4.78 is 15.5. The van der Waals surface area contributed by atoms with Gasteiger partial charge in [0.05, 0.1) is 4.90 Å². The molecule has 144 valence electrons. The number of carbonyl (C=O) groups excluding carboxylic acids is 1. The summed E-state index contributed by atoms with van der Waals surface area (Å²) in [5, 5.41) is 0. The molecular formula is C22H23N3O2S. The molecule has 1 amide bonds. The van der Waals surface area contributed by atoms with Crippen molar-refractivity contribution < 1.29 is 9.00 Å². The van der Waals surface area contributed by atoms with Crippen molar-refractivity contribution in [3.8, 4) is 0 Å². The van der Waals surface area contributed by atoms with Gasteiger partial charge < -0.3 is 14.5 Å². The summed E-state index contributed by atoms with van der Waals surface area (Å²) >= 11 is 0. The number of hydrogen-bond acceptors (Lipinski definition) is 3. The van der Waals surface area contributed by atoms with Crippen LogP contribution in [0.5, 0.6) is 0 Å². The SMILES string of the molecule is CC1=CC(NS(=O)c2cccc(C(=O)N3CCN(c4ccccc4)CC3)c2)=C1. The minimum absolute atomic E-state index is 0.00911. The van der Waals surface area contributed by atoms with Crippen molar-refractivity contribution in [3.63, 3.8) is 0 Å². The molecule has 2 aromatic rings. The van der Waals surface area contributed by atoms with E-state index in [4.69, 9.17) is 0 Å². The van der Waals surface area contributed by atoms with Crippen LogP contribution in [-0.4, -0.2) is 41.2 Å². The number of allylic oxidation sites excluding steroid dienone is 3. The number of anilines is 1. The Hall–Kier alpha value is -2.86. The van der Waals surface area contributed by atoms with Gasteiger partial charge in [0.15, 0.2) is 0 Å². The van der Waals surface area contributed by atoms with Gasteiger partial charge in [-0.1, -0.05) is 24.3 Å². The number of piperazine rings is 1. The highest BCUT2D eigenvalue weighted by molar-refractivity contribution is 7.83. The van der Waals surface area contributed by atoms with E-state index in [2.05, 4.69) is 21.8 Å². The molecule has 0 spiro atoms. The largest absolute Gasteiger partial charge is 0.368 e. The van der Waals surface area contributed by atoms with Gasteiger partial charge in [-0.05, 0) is 55.0 Å². The molecule has 28 heavy (non-hydrogen) atoms. The molecule has 1 unspecified atom stereocenters. The minimum Gasteiger partial charge on any atom is -0.368 e. The van der Waals surface area contributed by atoms with Crippen LogP contribution in [0.15, 0.2) is 82.9 Å². The van der Waals surface area contributed by atoms with E-state index in [1.54, 1.807) is 24.3 Å². The van der Waals surface area contributed by atoms with Gasteiger partial charge in [-0.2, -0.15) is 0 Å². The van der Waals surface area contributed by atoms with E-state index in [9.17, 15) is 9.00 Å². The fourth-order valence-electron chi connectivity index (χ4n) is 3.44. The lowest BCUT2D eigenvalue weighted by Gasteiger charge is -2.36. The van der Waals surface area contributed by atoms with Crippen LogP contribution in [0.25, 0.3) is 0 Å². The Morgan fingerprint density at radius 2 is 1.68 bits per heavy atom. The minimum atomic E-state index is -1.38. The number of para-hydroxylation sites is 1. The highest BCUT2D eigenvalue weighted by Crippen LogP contribution is 2.19. The van der Waals surface area contributed by atoms with Gasteiger partial charge in [0.2, 0.25) is 0 Å². The van der Waals surface area contributed by atoms with Crippen molar-refractivity contribution in [3.05, 3.63) is 83.6 Å². The number of amides is 1. The molecule has 2 aliphatic rings. The van der Waals surface area contributed by atoms with Gasteiger partial charge in [0.1, 0.15) is 11.0 Å². The maximum absolute atomic E-state index is 12.9. The zero-order valence-corrected chi connectivity index (χ0v) is 16.6. The monoisotopic (exact) mass is 393 g/mol. The Bertz CT molecular complexity index is 961. The molecule has 5 nitrogen and oxygen atoms in total. The Morgan fingerprint density at radius 1 is 0.964 bits per heavy atom. The molecular weight excluding hydrogens is 370 g/mol. The van der Waals surface area contributed by atoms with Crippen molar-refractivity contribution in [2.75, 3.05) is 31.1 Å².